The van der Waals surface area contributed by atoms with Crippen LogP contribution in [0.1, 0.15) is 0 Å². The molecular weight excluding hydrogens is 188 g/mol. The zero-order chi connectivity index (χ0) is 6.41. The normalized spacial score (nSPS) is 5.25. The molecule has 0 amide bonds. The third kappa shape index (κ3) is 5.62. The molecular formula is C5HBrOS. The van der Waals surface area contributed by atoms with Gasteiger partial charge in [-0.25, -0.2) is 0 Å². The van der Waals surface area contributed by atoms with Crippen LogP contribution < -0.4 is 0 Å². The van der Waals surface area contributed by atoms with E-state index >= 15 is 0 Å². The minimum Gasteiger partial charge on any atom is -0.272 e. The average molecular weight is 189 g/mol. The van der Waals surface area contributed by atoms with Crippen molar-refractivity contribution >= 4 is 33.3 Å². The molecule has 0 atom stereocenters. The lowest BCUT2D eigenvalue weighted by Gasteiger charge is -1.59. The molecule has 1 nitrogen and oxygen atoms in total. The van der Waals surface area contributed by atoms with Crippen LogP contribution in [0.25, 0.3) is 0 Å². The number of hydrogen-bond donors (Lipinski definition) is 1. The highest BCUT2D eigenvalue weighted by Crippen LogP contribution is 1.77. The van der Waals surface area contributed by atoms with Gasteiger partial charge in [-0.05, 0) is 23.0 Å². The van der Waals surface area contributed by atoms with Crippen LogP contribution in [0.15, 0.2) is 0 Å². The first kappa shape index (κ1) is 7.62. The number of thiol groups is 1. The Balaban J connectivity index is 3.81. The summed E-state index contributed by atoms with van der Waals surface area (Å²) in [4.78, 5) is 9.97. The second kappa shape index (κ2) is 4.77. The molecule has 0 unspecified atom stereocenters. The maximum Gasteiger partial charge on any atom is 0.271 e. The third-order valence-electron chi connectivity index (χ3n) is 0.279. The summed E-state index contributed by atoms with van der Waals surface area (Å²) in [6.45, 7) is 0. The van der Waals surface area contributed by atoms with Crippen LogP contribution in [0.3, 0.4) is 0 Å². The maximum absolute atomic E-state index is 9.97. The van der Waals surface area contributed by atoms with Gasteiger partial charge in [0, 0.05) is 15.9 Å². The molecule has 0 aliphatic rings. The van der Waals surface area contributed by atoms with Crippen molar-refractivity contribution in [3.05, 3.63) is 0 Å². The van der Waals surface area contributed by atoms with Gasteiger partial charge in [0.2, 0.25) is 0 Å². The summed E-state index contributed by atoms with van der Waals surface area (Å²) < 4.78 is -0.367. The van der Waals surface area contributed by atoms with Crippen LogP contribution in [0.2, 0.25) is 0 Å². The van der Waals surface area contributed by atoms with Crippen LogP contribution in [-0.4, -0.2) is 4.69 Å². The zero-order valence-electron chi connectivity index (χ0n) is 3.73. The van der Waals surface area contributed by atoms with Gasteiger partial charge in [0.25, 0.3) is 4.69 Å². The first-order valence-electron chi connectivity index (χ1n) is 1.62. The Kier molecular flexibility index (Phi) is 4.54. The number of rotatable bonds is 0. The van der Waals surface area contributed by atoms with Crippen LogP contribution in [-0.2, 0) is 4.79 Å². The van der Waals surface area contributed by atoms with Gasteiger partial charge in [-0.2, -0.15) is 0 Å². The molecule has 8 heavy (non-hydrogen) atoms. The van der Waals surface area contributed by atoms with Gasteiger partial charge in [-0.15, -0.1) is 0 Å². The molecule has 0 aromatic rings. The zero-order valence-corrected chi connectivity index (χ0v) is 6.21. The molecule has 0 aliphatic heterocycles. The molecule has 0 aromatic carbocycles. The second-order valence-electron chi connectivity index (χ2n) is 0.761. The molecule has 0 rings (SSSR count). The van der Waals surface area contributed by atoms with Gasteiger partial charge < -0.3 is 0 Å². The Labute approximate surface area is 61.4 Å². The van der Waals surface area contributed by atoms with Crippen molar-refractivity contribution in [3.63, 3.8) is 0 Å². The van der Waals surface area contributed by atoms with Gasteiger partial charge in [0.15, 0.2) is 0 Å². The SMILES string of the molecule is O=C(Br)C#CC#CS. The predicted octanol–water partition coefficient (Wildman–Crippen LogP) is 0.802. The number of hydrogen-bond acceptors (Lipinski definition) is 2. The first-order chi connectivity index (χ1) is 3.77. The Morgan fingerprint density at radius 1 is 1.50 bits per heavy atom. The molecule has 0 N–H and O–H groups in total. The van der Waals surface area contributed by atoms with Crippen LogP contribution in [0.5, 0.6) is 0 Å². The maximum atomic E-state index is 9.97. The molecule has 40 valence electrons. The molecule has 0 radical (unpaired) electrons. The molecule has 3 heteroatoms. The molecule has 0 aromatic heterocycles. The number of carbonyl (C=O) groups excluding carboxylic acids is 1. The van der Waals surface area contributed by atoms with E-state index in [-0.39, 0.29) is 4.69 Å². The van der Waals surface area contributed by atoms with Crippen molar-refractivity contribution in [1.82, 2.24) is 0 Å². The number of carbonyl (C=O) groups is 1. The molecule has 0 saturated carbocycles. The molecule has 0 fully saturated rings. The highest BCUT2D eigenvalue weighted by Gasteiger charge is 1.77. The second-order valence-corrected chi connectivity index (χ2v) is 1.70. The molecule has 0 saturated heterocycles. The Hall–Kier alpha value is -0.380. The fourth-order valence-electron chi connectivity index (χ4n) is 0.108. The van der Waals surface area contributed by atoms with Gasteiger partial charge in [-0.1, -0.05) is 12.6 Å². The monoisotopic (exact) mass is 188 g/mol. The van der Waals surface area contributed by atoms with Crippen molar-refractivity contribution in [2.75, 3.05) is 0 Å². The smallest absolute Gasteiger partial charge is 0.271 e. The van der Waals surface area contributed by atoms with Crippen LogP contribution in [0, 0.1) is 23.0 Å². The largest absolute Gasteiger partial charge is 0.272 e. The van der Waals surface area contributed by atoms with Gasteiger partial charge in [0.05, 0.1) is 0 Å². The summed E-state index contributed by atoms with van der Waals surface area (Å²) in [6.07, 6.45) is 0. The lowest BCUT2D eigenvalue weighted by Crippen LogP contribution is -1.71. The quantitative estimate of drug-likeness (QED) is 0.339. The summed E-state index contributed by atoms with van der Waals surface area (Å²) >= 11 is 6.13. The van der Waals surface area contributed by atoms with E-state index in [2.05, 4.69) is 51.6 Å². The van der Waals surface area contributed by atoms with Crippen molar-refractivity contribution < 1.29 is 4.79 Å². The Morgan fingerprint density at radius 3 is 2.50 bits per heavy atom. The van der Waals surface area contributed by atoms with Gasteiger partial charge >= 0.3 is 0 Å². The lowest BCUT2D eigenvalue weighted by molar-refractivity contribution is -0.105. The Morgan fingerprint density at radius 2 is 2.12 bits per heavy atom. The summed E-state index contributed by atoms with van der Waals surface area (Å²) in [7, 11) is 0. The summed E-state index contributed by atoms with van der Waals surface area (Å²) in [5.41, 5.74) is 0. The minimum atomic E-state index is -0.367. The van der Waals surface area contributed by atoms with E-state index in [1.807, 2.05) is 0 Å². The summed E-state index contributed by atoms with van der Waals surface area (Å²) in [5, 5.41) is 2.22. The van der Waals surface area contributed by atoms with E-state index in [4.69, 9.17) is 0 Å². The van der Waals surface area contributed by atoms with E-state index in [1.54, 1.807) is 0 Å². The molecule has 0 spiro atoms. The van der Waals surface area contributed by atoms with E-state index in [0.717, 1.165) is 0 Å². The fourth-order valence-corrected chi connectivity index (χ4v) is 0.263. The first-order valence-corrected chi connectivity index (χ1v) is 2.86. The summed E-state index contributed by atoms with van der Waals surface area (Å²) in [5.74, 6) is 6.68. The highest BCUT2D eigenvalue weighted by atomic mass is 79.9. The standard InChI is InChI=1S/C5HBrOS/c6-5(7)3-1-2-4-8/h8H. The van der Waals surface area contributed by atoms with Crippen molar-refractivity contribution in [1.29, 1.82) is 0 Å². The topological polar surface area (TPSA) is 17.1 Å². The predicted molar refractivity (Wildman–Crippen MR) is 38.5 cm³/mol. The van der Waals surface area contributed by atoms with Crippen LogP contribution in [0.4, 0.5) is 0 Å². The van der Waals surface area contributed by atoms with E-state index in [1.165, 1.54) is 0 Å². The average Bonchev–Trinajstić information content (AvgIpc) is 1.66. The molecule has 0 bridgehead atoms. The fraction of sp³-hybridized carbons (Fsp3) is 0. The van der Waals surface area contributed by atoms with Crippen molar-refractivity contribution in [2.45, 2.75) is 0 Å². The van der Waals surface area contributed by atoms with Crippen LogP contribution >= 0.6 is 28.6 Å². The van der Waals surface area contributed by atoms with Gasteiger partial charge in [0.1, 0.15) is 0 Å². The van der Waals surface area contributed by atoms with Crippen molar-refractivity contribution in [2.24, 2.45) is 0 Å². The lowest BCUT2D eigenvalue weighted by atomic mass is 10.6. The summed E-state index contributed by atoms with van der Waals surface area (Å²) in [6, 6.07) is 0. The minimum absolute atomic E-state index is 0.367. The van der Waals surface area contributed by atoms with Crippen molar-refractivity contribution in [3.8, 4) is 23.0 Å². The Bertz CT molecular complexity index is 200. The molecule has 0 heterocycles. The number of halogens is 1. The van der Waals surface area contributed by atoms with Gasteiger partial charge in [-0.3, -0.25) is 4.79 Å². The van der Waals surface area contributed by atoms with E-state index < -0.39 is 0 Å². The molecule has 0 aliphatic carbocycles. The van der Waals surface area contributed by atoms with E-state index in [0.29, 0.717) is 0 Å². The third-order valence-corrected chi connectivity index (χ3v) is 0.589. The highest BCUT2D eigenvalue weighted by molar-refractivity contribution is 9.18. The van der Waals surface area contributed by atoms with E-state index in [9.17, 15) is 4.79 Å².